The molecule has 0 atom stereocenters. The molecule has 3 aromatic rings. The second-order valence-electron chi connectivity index (χ2n) is 5.56. The Morgan fingerprint density at radius 2 is 2.08 bits per heavy atom. The number of hydrogen-bond donors (Lipinski definition) is 1. The number of benzene rings is 1. The van der Waals surface area contributed by atoms with Crippen LogP contribution >= 0.6 is 27.5 Å². The second kappa shape index (κ2) is 8.39. The largest absolute Gasteiger partial charge is 0.419 e. The first kappa shape index (κ1) is 18.5. The molecule has 7 nitrogen and oxygen atoms in total. The number of nitrogens with zero attached hydrogens (tertiary/aromatic N) is 4. The molecule has 0 fully saturated rings. The first-order valence-electron chi connectivity index (χ1n) is 7.68. The van der Waals surface area contributed by atoms with Crippen molar-refractivity contribution in [2.75, 3.05) is 18.9 Å². The summed E-state index contributed by atoms with van der Waals surface area (Å²) in [5, 5.41) is 11.3. The van der Waals surface area contributed by atoms with Crippen LogP contribution in [0.1, 0.15) is 5.89 Å². The number of likely N-dealkylation sites (N-methyl/N-ethyl adjacent to an activating group) is 1. The van der Waals surface area contributed by atoms with E-state index < -0.39 is 0 Å². The zero-order valence-corrected chi connectivity index (χ0v) is 16.2. The highest BCUT2D eigenvalue weighted by Crippen LogP contribution is 2.26. The molecular weight excluding hydrogens is 422 g/mol. The average Bonchev–Trinajstić information content (AvgIpc) is 3.05. The minimum absolute atomic E-state index is 0.154. The Labute approximate surface area is 163 Å². The molecule has 134 valence electrons. The number of rotatable bonds is 6. The molecule has 2 aromatic heterocycles. The van der Waals surface area contributed by atoms with Gasteiger partial charge in [0, 0.05) is 10.7 Å². The molecule has 9 heteroatoms. The van der Waals surface area contributed by atoms with Crippen molar-refractivity contribution in [1.82, 2.24) is 20.1 Å². The fourth-order valence-electron chi connectivity index (χ4n) is 2.23. The molecule has 3 rings (SSSR count). The van der Waals surface area contributed by atoms with Gasteiger partial charge in [-0.15, -0.1) is 10.2 Å². The number of amides is 1. The predicted molar refractivity (Wildman–Crippen MR) is 102 cm³/mol. The zero-order chi connectivity index (χ0) is 18.5. The number of hydrogen-bond acceptors (Lipinski definition) is 6. The standard InChI is InChI=1S/C17H15BrClN5O2/c1-24(9-15(25)21-14-7-6-11(18)8-20-14)10-16-22-23-17(26-16)12-4-2-3-5-13(12)19/h2-8H,9-10H2,1H3,(H,20,21,25). The van der Waals surface area contributed by atoms with Gasteiger partial charge >= 0.3 is 0 Å². The molecule has 0 aliphatic heterocycles. The van der Waals surface area contributed by atoms with Gasteiger partial charge in [0.2, 0.25) is 17.7 Å². The lowest BCUT2D eigenvalue weighted by molar-refractivity contribution is -0.117. The summed E-state index contributed by atoms with van der Waals surface area (Å²) in [6, 6.07) is 10.8. The molecule has 0 saturated carbocycles. The highest BCUT2D eigenvalue weighted by atomic mass is 79.9. The second-order valence-corrected chi connectivity index (χ2v) is 6.89. The van der Waals surface area contributed by atoms with Gasteiger partial charge in [-0.05, 0) is 47.2 Å². The van der Waals surface area contributed by atoms with Crippen LogP contribution in [0.4, 0.5) is 5.82 Å². The molecule has 26 heavy (non-hydrogen) atoms. The van der Waals surface area contributed by atoms with E-state index in [-0.39, 0.29) is 12.5 Å². The van der Waals surface area contributed by atoms with Crippen LogP contribution in [0, 0.1) is 0 Å². The van der Waals surface area contributed by atoms with Crippen molar-refractivity contribution < 1.29 is 9.21 Å². The van der Waals surface area contributed by atoms with Gasteiger partial charge in [0.25, 0.3) is 0 Å². The van der Waals surface area contributed by atoms with Crippen LogP contribution in [0.3, 0.4) is 0 Å². The number of carbonyl (C=O) groups excluding carboxylic acids is 1. The van der Waals surface area contributed by atoms with Crippen LogP contribution in [-0.4, -0.2) is 39.6 Å². The molecular formula is C17H15BrClN5O2. The molecule has 0 saturated heterocycles. The normalized spacial score (nSPS) is 10.9. The van der Waals surface area contributed by atoms with Crippen molar-refractivity contribution in [2.45, 2.75) is 6.54 Å². The Morgan fingerprint density at radius 3 is 2.81 bits per heavy atom. The molecule has 0 bridgehead atoms. The van der Waals surface area contributed by atoms with Crippen LogP contribution in [0.15, 0.2) is 51.5 Å². The quantitative estimate of drug-likeness (QED) is 0.635. The fourth-order valence-corrected chi connectivity index (χ4v) is 2.68. The minimum atomic E-state index is -0.187. The van der Waals surface area contributed by atoms with E-state index in [1.165, 1.54) is 0 Å². The predicted octanol–water partition coefficient (Wildman–Crippen LogP) is 3.62. The van der Waals surface area contributed by atoms with Gasteiger partial charge in [-0.2, -0.15) is 0 Å². The summed E-state index contributed by atoms with van der Waals surface area (Å²) < 4.78 is 6.48. The van der Waals surface area contributed by atoms with Gasteiger partial charge in [-0.25, -0.2) is 4.98 Å². The van der Waals surface area contributed by atoms with Gasteiger partial charge in [0.05, 0.1) is 23.7 Å². The van der Waals surface area contributed by atoms with Gasteiger partial charge in [-0.3, -0.25) is 9.69 Å². The average molecular weight is 437 g/mol. The van der Waals surface area contributed by atoms with Crippen molar-refractivity contribution >= 4 is 39.3 Å². The van der Waals surface area contributed by atoms with E-state index in [0.717, 1.165) is 4.47 Å². The smallest absolute Gasteiger partial charge is 0.249 e. The topological polar surface area (TPSA) is 84.2 Å². The number of halogens is 2. The lowest BCUT2D eigenvalue weighted by Gasteiger charge is -2.13. The fraction of sp³-hybridized carbons (Fsp3) is 0.176. The van der Waals surface area contributed by atoms with Gasteiger partial charge in [-0.1, -0.05) is 23.7 Å². The maximum absolute atomic E-state index is 12.1. The Kier molecular flexibility index (Phi) is 5.97. The summed E-state index contributed by atoms with van der Waals surface area (Å²) in [5.74, 6) is 1.05. The Hall–Kier alpha value is -2.29. The summed E-state index contributed by atoms with van der Waals surface area (Å²) >= 11 is 9.43. The Balaban J connectivity index is 1.56. The molecule has 2 heterocycles. The van der Waals surface area contributed by atoms with Crippen LogP contribution in [0.2, 0.25) is 5.02 Å². The number of aromatic nitrogens is 3. The van der Waals surface area contributed by atoms with Crippen LogP contribution in [0.25, 0.3) is 11.5 Å². The third-order valence-electron chi connectivity index (χ3n) is 3.38. The van der Waals surface area contributed by atoms with Crippen LogP contribution in [0.5, 0.6) is 0 Å². The highest BCUT2D eigenvalue weighted by molar-refractivity contribution is 9.10. The zero-order valence-electron chi connectivity index (χ0n) is 13.8. The van der Waals surface area contributed by atoms with Crippen molar-refractivity contribution in [3.05, 3.63) is 58.0 Å². The van der Waals surface area contributed by atoms with E-state index in [2.05, 4.69) is 36.4 Å². The van der Waals surface area contributed by atoms with E-state index in [1.54, 1.807) is 36.3 Å². The summed E-state index contributed by atoms with van der Waals surface area (Å²) in [7, 11) is 1.79. The molecule has 0 aliphatic rings. The number of pyridine rings is 1. The first-order valence-corrected chi connectivity index (χ1v) is 8.85. The summed E-state index contributed by atoms with van der Waals surface area (Å²) in [6.07, 6.45) is 1.62. The van der Waals surface area contributed by atoms with E-state index in [4.69, 9.17) is 16.0 Å². The SMILES string of the molecule is CN(CC(=O)Nc1ccc(Br)cn1)Cc1nnc(-c2ccccc2Cl)o1. The third kappa shape index (κ3) is 4.87. The molecule has 0 radical (unpaired) electrons. The number of anilines is 1. The van der Waals surface area contributed by atoms with E-state index in [9.17, 15) is 4.79 Å². The molecule has 1 amide bonds. The number of nitrogens with one attached hydrogen (secondary N) is 1. The van der Waals surface area contributed by atoms with Crippen molar-refractivity contribution in [2.24, 2.45) is 0 Å². The first-order chi connectivity index (χ1) is 12.5. The Morgan fingerprint density at radius 1 is 1.27 bits per heavy atom. The molecule has 1 aromatic carbocycles. The number of carbonyl (C=O) groups is 1. The van der Waals surface area contributed by atoms with Crippen LogP contribution < -0.4 is 5.32 Å². The van der Waals surface area contributed by atoms with Crippen LogP contribution in [-0.2, 0) is 11.3 Å². The van der Waals surface area contributed by atoms with Gasteiger partial charge in [0.15, 0.2) is 0 Å². The lowest BCUT2D eigenvalue weighted by Crippen LogP contribution is -2.30. The van der Waals surface area contributed by atoms with Gasteiger partial charge in [0.1, 0.15) is 5.82 Å². The van der Waals surface area contributed by atoms with E-state index in [0.29, 0.717) is 34.7 Å². The monoisotopic (exact) mass is 435 g/mol. The molecule has 0 spiro atoms. The molecule has 1 N–H and O–H groups in total. The van der Waals surface area contributed by atoms with E-state index >= 15 is 0 Å². The minimum Gasteiger partial charge on any atom is -0.419 e. The van der Waals surface area contributed by atoms with E-state index in [1.807, 2.05) is 18.2 Å². The summed E-state index contributed by atoms with van der Waals surface area (Å²) in [5.41, 5.74) is 0.676. The lowest BCUT2D eigenvalue weighted by atomic mass is 10.2. The van der Waals surface area contributed by atoms with Gasteiger partial charge < -0.3 is 9.73 Å². The highest BCUT2D eigenvalue weighted by Gasteiger charge is 2.14. The van der Waals surface area contributed by atoms with Crippen molar-refractivity contribution in [3.8, 4) is 11.5 Å². The molecule has 0 unspecified atom stereocenters. The maximum atomic E-state index is 12.1. The third-order valence-corrected chi connectivity index (χ3v) is 4.18. The summed E-state index contributed by atoms with van der Waals surface area (Å²) in [6.45, 7) is 0.486. The molecule has 0 aliphatic carbocycles. The maximum Gasteiger partial charge on any atom is 0.249 e. The van der Waals surface area contributed by atoms with Crippen molar-refractivity contribution in [1.29, 1.82) is 0 Å². The van der Waals surface area contributed by atoms with Crippen molar-refractivity contribution in [3.63, 3.8) is 0 Å². The summed E-state index contributed by atoms with van der Waals surface area (Å²) in [4.78, 5) is 17.9. The Bertz CT molecular complexity index is 900.